The first kappa shape index (κ1) is 13.9. The number of hydrogen-bond acceptors (Lipinski definition) is 4. The minimum atomic E-state index is -0.169. The topological polar surface area (TPSA) is 61.9 Å². The van der Waals surface area contributed by atoms with Gasteiger partial charge in [-0.15, -0.1) is 0 Å². The third-order valence-electron chi connectivity index (χ3n) is 3.97. The number of nitrogens with zero attached hydrogens (tertiary/aromatic N) is 2. The van der Waals surface area contributed by atoms with Gasteiger partial charge in [0, 0.05) is 31.7 Å². The van der Waals surface area contributed by atoms with Crippen LogP contribution in [0.3, 0.4) is 0 Å². The number of nitrogens with one attached hydrogen (secondary N) is 1. The van der Waals surface area contributed by atoms with Gasteiger partial charge in [0.25, 0.3) is 11.8 Å². The Labute approximate surface area is 123 Å². The van der Waals surface area contributed by atoms with E-state index in [1.165, 1.54) is 0 Å². The van der Waals surface area contributed by atoms with Gasteiger partial charge in [-0.25, -0.2) is 0 Å². The lowest BCUT2D eigenvalue weighted by Crippen LogP contribution is -2.48. The average Bonchev–Trinajstić information content (AvgIpc) is 2.53. The van der Waals surface area contributed by atoms with Crippen LogP contribution in [-0.2, 0) is 4.79 Å². The number of fused-ring (bicyclic) bond motifs is 1. The molecule has 2 aliphatic heterocycles. The van der Waals surface area contributed by atoms with Crippen LogP contribution in [0.5, 0.6) is 5.75 Å². The Morgan fingerprint density at radius 1 is 1.29 bits per heavy atom. The standard InChI is InChI=1S/C15H19N3O3/c1-2-17-5-7-18(8-6-17)15(20)11-3-4-12-13(9-11)21-10-14(19)16-12/h3-4,9H,2,5-8,10H2,1H3,(H,16,19). The summed E-state index contributed by atoms with van der Waals surface area (Å²) < 4.78 is 5.36. The number of likely N-dealkylation sites (N-methyl/N-ethyl adjacent to an activating group) is 1. The molecule has 2 amide bonds. The highest BCUT2D eigenvalue weighted by Crippen LogP contribution is 2.29. The maximum absolute atomic E-state index is 12.5. The highest BCUT2D eigenvalue weighted by atomic mass is 16.5. The monoisotopic (exact) mass is 289 g/mol. The minimum absolute atomic E-state index is 0.000180. The maximum atomic E-state index is 12.5. The predicted molar refractivity (Wildman–Crippen MR) is 78.6 cm³/mol. The van der Waals surface area contributed by atoms with Crippen molar-refractivity contribution in [3.05, 3.63) is 23.8 Å². The molecular weight excluding hydrogens is 270 g/mol. The van der Waals surface area contributed by atoms with E-state index in [2.05, 4.69) is 17.1 Å². The third-order valence-corrected chi connectivity index (χ3v) is 3.97. The molecule has 1 aromatic carbocycles. The summed E-state index contributed by atoms with van der Waals surface area (Å²) in [4.78, 5) is 27.9. The van der Waals surface area contributed by atoms with Crippen LogP contribution < -0.4 is 10.1 Å². The SMILES string of the molecule is CCN1CCN(C(=O)c2ccc3c(c2)OCC(=O)N3)CC1. The Hall–Kier alpha value is -2.08. The van der Waals surface area contributed by atoms with Crippen molar-refractivity contribution < 1.29 is 14.3 Å². The van der Waals surface area contributed by atoms with Crippen LogP contribution in [-0.4, -0.2) is 60.9 Å². The summed E-state index contributed by atoms with van der Waals surface area (Å²) in [6.07, 6.45) is 0. The second-order valence-corrected chi connectivity index (χ2v) is 5.27. The van der Waals surface area contributed by atoms with Crippen molar-refractivity contribution in [1.29, 1.82) is 0 Å². The molecule has 0 spiro atoms. The molecule has 0 atom stereocenters. The van der Waals surface area contributed by atoms with Gasteiger partial charge < -0.3 is 19.9 Å². The molecule has 2 aliphatic rings. The van der Waals surface area contributed by atoms with Gasteiger partial charge >= 0.3 is 0 Å². The molecule has 0 bridgehead atoms. The largest absolute Gasteiger partial charge is 0.482 e. The van der Waals surface area contributed by atoms with Crippen molar-refractivity contribution >= 4 is 17.5 Å². The first-order chi connectivity index (χ1) is 10.2. The van der Waals surface area contributed by atoms with E-state index in [0.29, 0.717) is 17.0 Å². The number of carbonyl (C=O) groups excluding carboxylic acids is 2. The Kier molecular flexibility index (Phi) is 3.79. The maximum Gasteiger partial charge on any atom is 0.262 e. The molecule has 6 heteroatoms. The number of amides is 2. The first-order valence-electron chi connectivity index (χ1n) is 7.25. The van der Waals surface area contributed by atoms with Crippen LogP contribution in [0.1, 0.15) is 17.3 Å². The fraction of sp³-hybridized carbons (Fsp3) is 0.467. The highest BCUT2D eigenvalue weighted by Gasteiger charge is 2.23. The zero-order chi connectivity index (χ0) is 14.8. The Morgan fingerprint density at radius 2 is 2.05 bits per heavy atom. The second-order valence-electron chi connectivity index (χ2n) is 5.27. The van der Waals surface area contributed by atoms with Crippen LogP contribution in [0, 0.1) is 0 Å². The molecule has 3 rings (SSSR count). The zero-order valence-corrected chi connectivity index (χ0v) is 12.1. The molecule has 0 aromatic heterocycles. The van der Waals surface area contributed by atoms with Crippen molar-refractivity contribution in [2.45, 2.75) is 6.92 Å². The predicted octanol–water partition coefficient (Wildman–Crippen LogP) is 0.795. The number of hydrogen-bond donors (Lipinski definition) is 1. The van der Waals surface area contributed by atoms with Crippen molar-refractivity contribution in [1.82, 2.24) is 9.80 Å². The fourth-order valence-electron chi connectivity index (χ4n) is 2.66. The summed E-state index contributed by atoms with van der Waals surface area (Å²) in [5.41, 5.74) is 1.23. The lowest BCUT2D eigenvalue weighted by atomic mass is 10.1. The Balaban J connectivity index is 1.72. The molecular formula is C15H19N3O3. The Bertz CT molecular complexity index is 565. The van der Waals surface area contributed by atoms with Gasteiger partial charge in [-0.05, 0) is 24.7 Å². The van der Waals surface area contributed by atoms with Gasteiger partial charge in [0.15, 0.2) is 6.61 Å². The van der Waals surface area contributed by atoms with E-state index in [1.807, 2.05) is 4.90 Å². The molecule has 21 heavy (non-hydrogen) atoms. The lowest BCUT2D eigenvalue weighted by molar-refractivity contribution is -0.118. The van der Waals surface area contributed by atoms with E-state index in [9.17, 15) is 9.59 Å². The molecule has 0 radical (unpaired) electrons. The van der Waals surface area contributed by atoms with Crippen LogP contribution in [0.25, 0.3) is 0 Å². The summed E-state index contributed by atoms with van der Waals surface area (Å²) in [6, 6.07) is 5.17. The highest BCUT2D eigenvalue weighted by molar-refractivity contribution is 5.99. The number of carbonyl (C=O) groups is 2. The van der Waals surface area contributed by atoms with Crippen molar-refractivity contribution in [2.75, 3.05) is 44.6 Å². The molecule has 1 N–H and O–H groups in total. The van der Waals surface area contributed by atoms with Crippen molar-refractivity contribution in [3.63, 3.8) is 0 Å². The molecule has 112 valence electrons. The van der Waals surface area contributed by atoms with Gasteiger partial charge in [0.1, 0.15) is 5.75 Å². The molecule has 1 fully saturated rings. The number of ether oxygens (including phenoxy) is 1. The number of anilines is 1. The Morgan fingerprint density at radius 3 is 2.76 bits per heavy atom. The number of rotatable bonds is 2. The fourth-order valence-corrected chi connectivity index (χ4v) is 2.66. The van der Waals surface area contributed by atoms with E-state index in [0.717, 1.165) is 32.7 Å². The molecule has 0 unspecified atom stereocenters. The average molecular weight is 289 g/mol. The van der Waals surface area contributed by atoms with Crippen molar-refractivity contribution in [2.24, 2.45) is 0 Å². The summed E-state index contributed by atoms with van der Waals surface area (Å²) >= 11 is 0. The summed E-state index contributed by atoms with van der Waals surface area (Å²) in [5.74, 6) is 0.416. The summed E-state index contributed by atoms with van der Waals surface area (Å²) in [7, 11) is 0. The molecule has 2 heterocycles. The normalized spacial score (nSPS) is 18.7. The van der Waals surface area contributed by atoms with Crippen molar-refractivity contribution in [3.8, 4) is 5.75 Å². The van der Waals surface area contributed by atoms with Crippen LogP contribution in [0.2, 0.25) is 0 Å². The third kappa shape index (κ3) is 2.85. The zero-order valence-electron chi connectivity index (χ0n) is 12.1. The molecule has 0 aliphatic carbocycles. The van der Waals surface area contributed by atoms with Gasteiger partial charge in [-0.2, -0.15) is 0 Å². The molecule has 6 nitrogen and oxygen atoms in total. The number of benzene rings is 1. The summed E-state index contributed by atoms with van der Waals surface area (Å²) in [5, 5.41) is 2.72. The van der Waals surface area contributed by atoms with E-state index in [1.54, 1.807) is 18.2 Å². The second kappa shape index (κ2) is 5.73. The first-order valence-corrected chi connectivity index (χ1v) is 7.25. The minimum Gasteiger partial charge on any atom is -0.482 e. The van der Waals surface area contributed by atoms with E-state index < -0.39 is 0 Å². The van der Waals surface area contributed by atoms with E-state index in [4.69, 9.17) is 4.74 Å². The van der Waals surface area contributed by atoms with Gasteiger partial charge in [-0.3, -0.25) is 9.59 Å². The molecule has 1 saturated heterocycles. The molecule has 0 saturated carbocycles. The number of piperazine rings is 1. The van der Waals surface area contributed by atoms with E-state index in [-0.39, 0.29) is 18.4 Å². The van der Waals surface area contributed by atoms with Crippen LogP contribution in [0.15, 0.2) is 18.2 Å². The smallest absolute Gasteiger partial charge is 0.262 e. The molecule has 1 aromatic rings. The van der Waals surface area contributed by atoms with Gasteiger partial charge in [0.2, 0.25) is 0 Å². The van der Waals surface area contributed by atoms with Gasteiger partial charge in [0.05, 0.1) is 5.69 Å². The van der Waals surface area contributed by atoms with Gasteiger partial charge in [-0.1, -0.05) is 6.92 Å². The van der Waals surface area contributed by atoms with Crippen LogP contribution in [0.4, 0.5) is 5.69 Å². The lowest BCUT2D eigenvalue weighted by Gasteiger charge is -2.34. The quantitative estimate of drug-likeness (QED) is 0.874. The van der Waals surface area contributed by atoms with Crippen LogP contribution >= 0.6 is 0 Å². The van der Waals surface area contributed by atoms with E-state index >= 15 is 0 Å². The summed E-state index contributed by atoms with van der Waals surface area (Å²) in [6.45, 7) is 6.49.